The summed E-state index contributed by atoms with van der Waals surface area (Å²) in [6, 6.07) is 2.35. The second-order valence-corrected chi connectivity index (χ2v) is 6.52. The molecule has 0 aromatic carbocycles. The minimum atomic E-state index is -4.37. The molecule has 9 heteroatoms. The number of aromatic nitrogens is 1. The first-order chi connectivity index (χ1) is 13.4. The van der Waals surface area contributed by atoms with Crippen LogP contribution in [0.5, 0.6) is 0 Å². The lowest BCUT2D eigenvalue weighted by molar-refractivity contribution is -0.137. The number of hydrogen-bond acceptors (Lipinski definition) is 4. The van der Waals surface area contributed by atoms with Gasteiger partial charge in [0.15, 0.2) is 5.96 Å². The van der Waals surface area contributed by atoms with E-state index in [1.165, 1.54) is 6.07 Å². The molecule has 0 saturated carbocycles. The quantitative estimate of drug-likeness (QED) is 0.245. The van der Waals surface area contributed by atoms with Crippen LogP contribution < -0.4 is 16.0 Å². The zero-order valence-electron chi connectivity index (χ0n) is 16.6. The van der Waals surface area contributed by atoms with Gasteiger partial charge in [-0.05, 0) is 44.2 Å². The van der Waals surface area contributed by atoms with Gasteiger partial charge in [-0.25, -0.2) is 4.98 Å². The first-order valence-corrected chi connectivity index (χ1v) is 9.80. The molecule has 0 bridgehead atoms. The molecule has 0 radical (unpaired) electrons. The maximum absolute atomic E-state index is 12.5. The summed E-state index contributed by atoms with van der Waals surface area (Å²) in [5.41, 5.74) is -0.756. The molecule has 1 rings (SSSR count). The number of guanidine groups is 1. The average molecular weight is 403 g/mol. The number of anilines is 1. The molecule has 0 saturated heterocycles. The Labute approximate surface area is 165 Å². The van der Waals surface area contributed by atoms with Crippen LogP contribution >= 0.6 is 0 Å². The van der Waals surface area contributed by atoms with E-state index in [2.05, 4.69) is 32.9 Å². The van der Waals surface area contributed by atoms with E-state index in [-0.39, 0.29) is 6.61 Å². The third-order valence-corrected chi connectivity index (χ3v) is 4.13. The fourth-order valence-corrected chi connectivity index (χ4v) is 2.66. The van der Waals surface area contributed by atoms with Gasteiger partial charge < -0.3 is 21.1 Å². The van der Waals surface area contributed by atoms with Gasteiger partial charge in [0, 0.05) is 39.0 Å². The molecule has 0 spiro atoms. The average Bonchev–Trinajstić information content (AvgIpc) is 2.65. The van der Waals surface area contributed by atoms with Gasteiger partial charge in [0.25, 0.3) is 0 Å². The summed E-state index contributed by atoms with van der Waals surface area (Å²) in [5, 5.41) is 18.6. The lowest BCUT2D eigenvalue weighted by Crippen LogP contribution is -2.38. The van der Waals surface area contributed by atoms with Crippen LogP contribution in [0.3, 0.4) is 0 Å². The van der Waals surface area contributed by atoms with Gasteiger partial charge >= 0.3 is 6.18 Å². The number of alkyl halides is 3. The summed E-state index contributed by atoms with van der Waals surface area (Å²) in [6.07, 6.45) is 0.0602. The number of halogens is 3. The van der Waals surface area contributed by atoms with Crippen LogP contribution in [0.1, 0.15) is 45.1 Å². The van der Waals surface area contributed by atoms with E-state index < -0.39 is 11.7 Å². The molecule has 0 fully saturated rings. The largest absolute Gasteiger partial charge is 0.417 e. The molecule has 0 aliphatic rings. The number of aliphatic hydroxyl groups excluding tert-OH is 1. The van der Waals surface area contributed by atoms with Crippen molar-refractivity contribution < 1.29 is 18.3 Å². The van der Waals surface area contributed by atoms with Crippen molar-refractivity contribution in [3.63, 3.8) is 0 Å². The van der Waals surface area contributed by atoms with E-state index in [4.69, 9.17) is 5.11 Å². The predicted octanol–water partition coefficient (Wildman–Crippen LogP) is 3.26. The molecular weight excluding hydrogens is 371 g/mol. The monoisotopic (exact) mass is 403 g/mol. The van der Waals surface area contributed by atoms with E-state index in [0.717, 1.165) is 50.5 Å². The van der Waals surface area contributed by atoms with E-state index in [0.29, 0.717) is 31.4 Å². The molecule has 4 N–H and O–H groups in total. The fourth-order valence-electron chi connectivity index (χ4n) is 2.66. The second-order valence-electron chi connectivity index (χ2n) is 6.52. The third kappa shape index (κ3) is 9.77. The minimum Gasteiger partial charge on any atom is -0.396 e. The van der Waals surface area contributed by atoms with Gasteiger partial charge in [0.05, 0.1) is 5.56 Å². The van der Waals surface area contributed by atoms with Crippen molar-refractivity contribution >= 4 is 11.8 Å². The van der Waals surface area contributed by atoms with Gasteiger partial charge in [-0.1, -0.05) is 13.3 Å². The van der Waals surface area contributed by atoms with E-state index in [1.807, 2.05) is 6.92 Å². The Morgan fingerprint density at radius 2 is 1.96 bits per heavy atom. The molecule has 6 nitrogen and oxygen atoms in total. The van der Waals surface area contributed by atoms with Crippen LogP contribution in [0.2, 0.25) is 0 Å². The SMILES string of the molecule is CCCC(CCO)CN=C(NCC)NCCCNc1ccc(C(F)(F)F)cn1. The molecule has 0 amide bonds. The van der Waals surface area contributed by atoms with Crippen molar-refractivity contribution in [2.75, 3.05) is 38.1 Å². The number of nitrogens with zero attached hydrogens (tertiary/aromatic N) is 2. The number of rotatable bonds is 12. The van der Waals surface area contributed by atoms with Crippen molar-refractivity contribution in [1.82, 2.24) is 15.6 Å². The van der Waals surface area contributed by atoms with Crippen LogP contribution in [0, 0.1) is 5.92 Å². The van der Waals surface area contributed by atoms with E-state index in [9.17, 15) is 13.2 Å². The van der Waals surface area contributed by atoms with Gasteiger partial charge in [-0.3, -0.25) is 4.99 Å². The van der Waals surface area contributed by atoms with Gasteiger partial charge in [-0.2, -0.15) is 13.2 Å². The highest BCUT2D eigenvalue weighted by Gasteiger charge is 2.30. The molecule has 1 atom stereocenters. The second kappa shape index (κ2) is 13.2. The highest BCUT2D eigenvalue weighted by atomic mass is 19.4. The highest BCUT2D eigenvalue weighted by molar-refractivity contribution is 5.79. The summed E-state index contributed by atoms with van der Waals surface area (Å²) < 4.78 is 37.5. The van der Waals surface area contributed by atoms with Crippen molar-refractivity contribution in [2.45, 2.75) is 45.7 Å². The third-order valence-electron chi connectivity index (χ3n) is 4.13. The zero-order chi connectivity index (χ0) is 20.8. The van der Waals surface area contributed by atoms with Crippen molar-refractivity contribution in [3.05, 3.63) is 23.9 Å². The number of pyridine rings is 1. The zero-order valence-corrected chi connectivity index (χ0v) is 16.6. The van der Waals surface area contributed by atoms with E-state index >= 15 is 0 Å². The summed E-state index contributed by atoms with van der Waals surface area (Å²) in [6.45, 7) is 6.94. The molecule has 1 aromatic heterocycles. The molecule has 0 aliphatic carbocycles. The number of aliphatic hydroxyl groups is 1. The molecule has 28 heavy (non-hydrogen) atoms. The van der Waals surface area contributed by atoms with Crippen LogP contribution in [-0.2, 0) is 6.18 Å². The summed E-state index contributed by atoms with van der Waals surface area (Å²) in [7, 11) is 0. The fraction of sp³-hybridized carbons (Fsp3) is 0.684. The smallest absolute Gasteiger partial charge is 0.396 e. The van der Waals surface area contributed by atoms with Crippen molar-refractivity contribution in [3.8, 4) is 0 Å². The van der Waals surface area contributed by atoms with Gasteiger partial charge in [0.1, 0.15) is 5.82 Å². The van der Waals surface area contributed by atoms with E-state index in [1.54, 1.807) is 0 Å². The molecule has 1 aromatic rings. The maximum Gasteiger partial charge on any atom is 0.417 e. The lowest BCUT2D eigenvalue weighted by atomic mass is 10.0. The Bertz CT molecular complexity index is 558. The first-order valence-electron chi connectivity index (χ1n) is 9.80. The number of aliphatic imine (C=N–C) groups is 1. The lowest BCUT2D eigenvalue weighted by Gasteiger charge is -2.15. The topological polar surface area (TPSA) is 81.6 Å². The van der Waals surface area contributed by atoms with Crippen LogP contribution in [0.15, 0.2) is 23.3 Å². The van der Waals surface area contributed by atoms with Gasteiger partial charge in [-0.15, -0.1) is 0 Å². The summed E-state index contributed by atoms with van der Waals surface area (Å²) >= 11 is 0. The molecule has 1 heterocycles. The normalized spacial score (nSPS) is 13.3. The number of hydrogen-bond donors (Lipinski definition) is 4. The molecular formula is C19H32F3N5O. The van der Waals surface area contributed by atoms with Gasteiger partial charge in [0.2, 0.25) is 0 Å². The molecule has 1 unspecified atom stereocenters. The van der Waals surface area contributed by atoms with Crippen LogP contribution in [0.25, 0.3) is 0 Å². The highest BCUT2D eigenvalue weighted by Crippen LogP contribution is 2.28. The maximum atomic E-state index is 12.5. The van der Waals surface area contributed by atoms with Crippen molar-refractivity contribution in [2.24, 2.45) is 10.9 Å². The summed E-state index contributed by atoms with van der Waals surface area (Å²) in [4.78, 5) is 8.37. The van der Waals surface area contributed by atoms with Crippen LogP contribution in [-0.4, -0.2) is 48.8 Å². The predicted molar refractivity (Wildman–Crippen MR) is 106 cm³/mol. The van der Waals surface area contributed by atoms with Crippen molar-refractivity contribution in [1.29, 1.82) is 0 Å². The Balaban J connectivity index is 2.37. The standard InChI is InChI=1S/C19H32F3N5O/c1-3-6-15(9-12-28)13-27-18(23-4-2)25-11-5-10-24-17-8-7-16(14-26-17)19(20,21)22/h7-8,14-15,28H,3-6,9-13H2,1-2H3,(H,24,26)(H2,23,25,27). The first kappa shape index (κ1) is 24.0. The summed E-state index contributed by atoms with van der Waals surface area (Å²) in [5.74, 6) is 1.52. The number of nitrogens with one attached hydrogen (secondary N) is 3. The Morgan fingerprint density at radius 1 is 1.18 bits per heavy atom. The Kier molecular flexibility index (Phi) is 11.3. The Morgan fingerprint density at radius 3 is 2.54 bits per heavy atom. The van der Waals surface area contributed by atoms with Crippen LogP contribution in [0.4, 0.5) is 19.0 Å². The molecule has 0 aliphatic heterocycles. The molecule has 160 valence electrons. The minimum absolute atomic E-state index is 0.174. The Hall–Kier alpha value is -2.03.